The molecule has 1 N–H and O–H groups in total. The lowest BCUT2D eigenvalue weighted by atomic mass is 10.00. The van der Waals surface area contributed by atoms with Crippen LogP contribution < -0.4 is 5.32 Å². The van der Waals surface area contributed by atoms with Crippen molar-refractivity contribution in [1.29, 1.82) is 0 Å². The Morgan fingerprint density at radius 3 is 2.60 bits per heavy atom. The van der Waals surface area contributed by atoms with E-state index in [0.717, 1.165) is 29.2 Å². The third kappa shape index (κ3) is 3.44. The van der Waals surface area contributed by atoms with Gasteiger partial charge in [-0.25, -0.2) is 8.42 Å². The zero-order chi connectivity index (χ0) is 18.6. The molecule has 0 spiro atoms. The van der Waals surface area contributed by atoms with Crippen LogP contribution in [0.2, 0.25) is 0 Å². The first-order valence-corrected chi connectivity index (χ1v) is 11.0. The molecule has 2 aromatic rings. The number of hydrogen-bond acceptors (Lipinski definition) is 5. The summed E-state index contributed by atoms with van der Waals surface area (Å²) in [6.07, 6.45) is 1.25. The van der Waals surface area contributed by atoms with Gasteiger partial charge in [-0.15, -0.1) is 11.8 Å². The number of thioether (sulfide) groups is 1. The second-order valence-electron chi connectivity index (χ2n) is 7.37. The number of rotatable bonds is 2. The Morgan fingerprint density at radius 2 is 2.00 bits per heavy atom. The molecule has 7 heteroatoms. The second-order valence-corrected chi connectivity index (χ2v) is 11.2. The van der Waals surface area contributed by atoms with Gasteiger partial charge in [-0.2, -0.15) is 5.10 Å². The van der Waals surface area contributed by atoms with Crippen LogP contribution in [0.1, 0.15) is 41.5 Å². The molecule has 0 bridgehead atoms. The fraction of sp³-hybridized carbons (Fsp3) is 0.500. The van der Waals surface area contributed by atoms with Crippen molar-refractivity contribution in [3.8, 4) is 0 Å². The summed E-state index contributed by atoms with van der Waals surface area (Å²) in [7, 11) is -1.25. The summed E-state index contributed by atoms with van der Waals surface area (Å²) in [5, 5.41) is 8.25. The van der Waals surface area contributed by atoms with Crippen molar-refractivity contribution in [2.24, 2.45) is 7.05 Å². The molecule has 25 heavy (non-hydrogen) atoms. The van der Waals surface area contributed by atoms with Crippen LogP contribution >= 0.6 is 11.8 Å². The number of nitrogens with zero attached hydrogens (tertiary/aromatic N) is 2. The Balaban J connectivity index is 2.18. The second kappa shape index (κ2) is 6.06. The number of nitrogens with one attached hydrogen (secondary N) is 1. The van der Waals surface area contributed by atoms with Crippen molar-refractivity contribution in [3.05, 3.63) is 40.6 Å². The summed E-state index contributed by atoms with van der Waals surface area (Å²) in [6.45, 7) is 9.33. The molecule has 0 radical (unpaired) electrons. The first kappa shape index (κ1) is 18.3. The van der Waals surface area contributed by atoms with Gasteiger partial charge >= 0.3 is 0 Å². The van der Waals surface area contributed by atoms with Crippen LogP contribution in [0, 0.1) is 13.8 Å². The summed E-state index contributed by atoms with van der Waals surface area (Å²) in [5.74, 6) is 1.05. The lowest BCUT2D eigenvalue weighted by Gasteiger charge is -2.27. The number of hydrogen-bond donors (Lipinski definition) is 1. The number of aromatic nitrogens is 2. The van der Waals surface area contributed by atoms with Gasteiger partial charge in [-0.05, 0) is 51.0 Å². The molecular formula is C18H25N3O2S2. The maximum Gasteiger partial charge on any atom is 0.175 e. The van der Waals surface area contributed by atoms with E-state index in [9.17, 15) is 8.42 Å². The number of benzene rings is 1. The molecule has 0 saturated carbocycles. The van der Waals surface area contributed by atoms with Gasteiger partial charge in [0.2, 0.25) is 0 Å². The third-order valence-electron chi connectivity index (χ3n) is 4.60. The fourth-order valence-corrected chi connectivity index (χ4v) is 5.60. The van der Waals surface area contributed by atoms with E-state index >= 15 is 0 Å². The summed E-state index contributed by atoms with van der Waals surface area (Å²) in [4.78, 5) is 0.368. The molecular weight excluding hydrogens is 354 g/mol. The largest absolute Gasteiger partial charge is 0.369 e. The van der Waals surface area contributed by atoms with Crippen LogP contribution in [0.3, 0.4) is 0 Å². The predicted molar refractivity (Wildman–Crippen MR) is 104 cm³/mol. The van der Waals surface area contributed by atoms with Crippen molar-refractivity contribution in [2.75, 3.05) is 18.1 Å². The molecule has 1 atom stereocenters. The molecule has 0 amide bonds. The first-order valence-electron chi connectivity index (χ1n) is 8.25. The molecule has 5 nitrogen and oxygen atoms in total. The van der Waals surface area contributed by atoms with Gasteiger partial charge in [0, 0.05) is 30.2 Å². The van der Waals surface area contributed by atoms with Crippen LogP contribution in [0.5, 0.6) is 0 Å². The van der Waals surface area contributed by atoms with Crippen molar-refractivity contribution in [3.63, 3.8) is 0 Å². The molecule has 136 valence electrons. The monoisotopic (exact) mass is 379 g/mol. The molecule has 1 aromatic heterocycles. The van der Waals surface area contributed by atoms with Gasteiger partial charge in [0.1, 0.15) is 5.82 Å². The van der Waals surface area contributed by atoms with Crippen LogP contribution in [0.4, 0.5) is 5.82 Å². The van der Waals surface area contributed by atoms with Crippen LogP contribution in [-0.4, -0.2) is 35.7 Å². The molecule has 1 aliphatic heterocycles. The van der Waals surface area contributed by atoms with Crippen molar-refractivity contribution < 1.29 is 8.42 Å². The smallest absolute Gasteiger partial charge is 0.175 e. The van der Waals surface area contributed by atoms with Crippen molar-refractivity contribution in [1.82, 2.24) is 9.78 Å². The standard InChI is InChI=1S/C18H25N3O2S2/c1-11-9-13(25(6,22)23)7-8-14(11)16-15-12(2)20-21(5)17(15)19-10-18(3,4)24-16/h7-9,16,19H,10H2,1-6H3. The van der Waals surface area contributed by atoms with E-state index in [1.54, 1.807) is 12.1 Å². The van der Waals surface area contributed by atoms with E-state index in [0.29, 0.717) is 4.90 Å². The first-order chi connectivity index (χ1) is 11.5. The molecule has 3 rings (SSSR count). The highest BCUT2D eigenvalue weighted by molar-refractivity contribution is 8.01. The average Bonchev–Trinajstić information content (AvgIpc) is 2.66. The van der Waals surface area contributed by atoms with E-state index in [2.05, 4.69) is 24.3 Å². The van der Waals surface area contributed by atoms with E-state index in [1.807, 2.05) is 43.4 Å². The highest BCUT2D eigenvalue weighted by Gasteiger charge is 2.35. The lowest BCUT2D eigenvalue weighted by molar-refractivity contribution is 0.601. The highest BCUT2D eigenvalue weighted by Crippen LogP contribution is 2.49. The molecule has 1 aromatic carbocycles. The minimum atomic E-state index is -3.20. The number of sulfone groups is 1. The van der Waals surface area contributed by atoms with E-state index in [-0.39, 0.29) is 10.00 Å². The summed E-state index contributed by atoms with van der Waals surface area (Å²) in [5.41, 5.74) is 4.33. The van der Waals surface area contributed by atoms with Crippen molar-refractivity contribution in [2.45, 2.75) is 42.6 Å². The normalized spacial score (nSPS) is 19.8. The van der Waals surface area contributed by atoms with Gasteiger partial charge in [0.05, 0.1) is 15.8 Å². The van der Waals surface area contributed by atoms with E-state index < -0.39 is 9.84 Å². The predicted octanol–water partition coefficient (Wildman–Crippen LogP) is 3.47. The highest BCUT2D eigenvalue weighted by atomic mass is 32.2. The topological polar surface area (TPSA) is 64.0 Å². The third-order valence-corrected chi connectivity index (χ3v) is 7.22. The summed E-state index contributed by atoms with van der Waals surface area (Å²) in [6, 6.07) is 5.46. The molecule has 0 saturated heterocycles. The number of fused-ring (bicyclic) bond motifs is 1. The minimum absolute atomic E-state index is 0.0398. The van der Waals surface area contributed by atoms with Gasteiger partial charge in [-0.1, -0.05) is 6.07 Å². The van der Waals surface area contributed by atoms with Crippen LogP contribution in [0.15, 0.2) is 23.1 Å². The van der Waals surface area contributed by atoms with E-state index in [4.69, 9.17) is 0 Å². The zero-order valence-corrected chi connectivity index (χ0v) is 17.2. The Morgan fingerprint density at radius 1 is 1.32 bits per heavy atom. The molecule has 1 unspecified atom stereocenters. The maximum absolute atomic E-state index is 11.9. The van der Waals surface area contributed by atoms with Gasteiger partial charge in [-0.3, -0.25) is 4.68 Å². The fourth-order valence-electron chi connectivity index (χ4n) is 3.31. The summed E-state index contributed by atoms with van der Waals surface area (Å²) >= 11 is 1.90. The Hall–Kier alpha value is -1.47. The maximum atomic E-state index is 11.9. The summed E-state index contributed by atoms with van der Waals surface area (Å²) < 4.78 is 25.7. The van der Waals surface area contributed by atoms with E-state index in [1.165, 1.54) is 11.8 Å². The molecule has 1 aliphatic rings. The molecule has 0 aliphatic carbocycles. The van der Waals surface area contributed by atoms with Gasteiger partial charge in [0.25, 0.3) is 0 Å². The SMILES string of the molecule is Cc1cc(S(C)(=O)=O)ccc1C1SC(C)(C)CNc2c1c(C)nn2C. The quantitative estimate of drug-likeness (QED) is 0.866. The molecule has 0 fully saturated rings. The zero-order valence-electron chi connectivity index (χ0n) is 15.5. The van der Waals surface area contributed by atoms with Gasteiger partial charge < -0.3 is 5.32 Å². The van der Waals surface area contributed by atoms with Crippen LogP contribution in [-0.2, 0) is 16.9 Å². The Bertz CT molecular complexity index is 930. The van der Waals surface area contributed by atoms with Crippen molar-refractivity contribution >= 4 is 27.4 Å². The Kier molecular flexibility index (Phi) is 4.44. The van der Waals surface area contributed by atoms with Gasteiger partial charge in [0.15, 0.2) is 9.84 Å². The number of aryl methyl sites for hydroxylation is 3. The molecule has 2 heterocycles. The minimum Gasteiger partial charge on any atom is -0.369 e. The number of anilines is 1. The Labute approximate surface area is 154 Å². The van der Waals surface area contributed by atoms with Crippen LogP contribution in [0.25, 0.3) is 0 Å². The average molecular weight is 380 g/mol. The lowest BCUT2D eigenvalue weighted by Crippen LogP contribution is -2.26.